The number of carbonyl (C=O) groups excluding carboxylic acids is 2. The van der Waals surface area contributed by atoms with Crippen LogP contribution in [0.25, 0.3) is 0 Å². The number of hydrogen-bond donors (Lipinski definition) is 2. The minimum absolute atomic E-state index is 0.103. The molecule has 8 heteroatoms. The first-order chi connectivity index (χ1) is 14.1. The van der Waals surface area contributed by atoms with Crippen LogP contribution in [-0.4, -0.2) is 38.1 Å². The van der Waals surface area contributed by atoms with Gasteiger partial charge in [-0.15, -0.1) is 0 Å². The maximum Gasteiger partial charge on any atom is 0.287 e. The van der Waals surface area contributed by atoms with Crippen molar-refractivity contribution in [3.8, 4) is 11.5 Å². The maximum atomic E-state index is 12.3. The fourth-order valence-corrected chi connectivity index (χ4v) is 4.31. The van der Waals surface area contributed by atoms with Gasteiger partial charge in [-0.3, -0.25) is 9.59 Å². The lowest BCUT2D eigenvalue weighted by atomic mass is 9.78. The molecule has 154 valence electrons. The summed E-state index contributed by atoms with van der Waals surface area (Å²) in [7, 11) is 0. The van der Waals surface area contributed by atoms with Crippen LogP contribution in [0.1, 0.15) is 41.8 Å². The predicted molar refractivity (Wildman–Crippen MR) is 109 cm³/mol. The van der Waals surface area contributed by atoms with Gasteiger partial charge in [0, 0.05) is 12.0 Å². The van der Waals surface area contributed by atoms with Crippen molar-refractivity contribution in [2.24, 2.45) is 0 Å². The van der Waals surface area contributed by atoms with E-state index in [0.717, 1.165) is 42.7 Å². The third-order valence-corrected chi connectivity index (χ3v) is 5.97. The van der Waals surface area contributed by atoms with Crippen LogP contribution in [0.15, 0.2) is 39.4 Å². The Balaban J connectivity index is 1.37. The SMILES string of the molecule is O=C(CNC(=O)c1ccc(Br)o1)NCC1(c2ccc3c(c2)OCCO3)CCCC1. The molecule has 0 saturated heterocycles. The number of ether oxygens (including phenoxy) is 2. The van der Waals surface area contributed by atoms with E-state index in [1.54, 1.807) is 12.1 Å². The minimum atomic E-state index is -0.423. The summed E-state index contributed by atoms with van der Waals surface area (Å²) in [6.07, 6.45) is 4.24. The van der Waals surface area contributed by atoms with Crippen LogP contribution in [0.5, 0.6) is 11.5 Å². The zero-order valence-electron chi connectivity index (χ0n) is 16.0. The number of carbonyl (C=O) groups is 2. The summed E-state index contributed by atoms with van der Waals surface area (Å²) in [5, 5.41) is 5.57. The molecule has 2 aromatic rings. The molecule has 2 N–H and O–H groups in total. The fraction of sp³-hybridized carbons (Fsp3) is 0.429. The minimum Gasteiger partial charge on any atom is -0.486 e. The highest BCUT2D eigenvalue weighted by atomic mass is 79.9. The van der Waals surface area contributed by atoms with Crippen molar-refractivity contribution < 1.29 is 23.5 Å². The Labute approximate surface area is 177 Å². The monoisotopic (exact) mass is 462 g/mol. The van der Waals surface area contributed by atoms with Crippen LogP contribution in [0, 0.1) is 0 Å². The fourth-order valence-electron chi connectivity index (χ4n) is 4.01. The van der Waals surface area contributed by atoms with Crippen molar-refractivity contribution in [1.29, 1.82) is 0 Å². The Kier molecular flexibility index (Phi) is 5.80. The van der Waals surface area contributed by atoms with E-state index in [9.17, 15) is 9.59 Å². The highest BCUT2D eigenvalue weighted by molar-refractivity contribution is 9.10. The number of fused-ring (bicyclic) bond motifs is 1. The summed E-state index contributed by atoms with van der Waals surface area (Å²) < 4.78 is 17.0. The van der Waals surface area contributed by atoms with Gasteiger partial charge in [-0.05, 0) is 58.6 Å². The molecule has 1 aromatic heterocycles. The summed E-state index contributed by atoms with van der Waals surface area (Å²) in [5.41, 5.74) is 1.03. The Bertz CT molecular complexity index is 904. The van der Waals surface area contributed by atoms with Crippen molar-refractivity contribution in [2.75, 3.05) is 26.3 Å². The second kappa shape index (κ2) is 8.49. The first-order valence-electron chi connectivity index (χ1n) is 9.76. The quantitative estimate of drug-likeness (QED) is 0.687. The van der Waals surface area contributed by atoms with Gasteiger partial charge in [-0.1, -0.05) is 18.9 Å². The van der Waals surface area contributed by atoms with E-state index >= 15 is 0 Å². The van der Waals surface area contributed by atoms with Gasteiger partial charge in [0.15, 0.2) is 21.9 Å². The Hall–Kier alpha value is -2.48. The summed E-state index contributed by atoms with van der Waals surface area (Å²) in [6.45, 7) is 1.53. The van der Waals surface area contributed by atoms with Gasteiger partial charge in [0.1, 0.15) is 13.2 Å². The van der Waals surface area contributed by atoms with Gasteiger partial charge in [0.2, 0.25) is 5.91 Å². The molecule has 1 fully saturated rings. The molecule has 2 aliphatic rings. The van der Waals surface area contributed by atoms with Crippen LogP contribution in [-0.2, 0) is 10.2 Å². The Morgan fingerprint density at radius 1 is 1.00 bits per heavy atom. The molecule has 0 radical (unpaired) electrons. The number of furan rings is 1. The molecule has 0 bridgehead atoms. The highest BCUT2D eigenvalue weighted by Crippen LogP contribution is 2.43. The van der Waals surface area contributed by atoms with E-state index in [1.165, 1.54) is 0 Å². The standard InChI is InChI=1S/C21H23BrN2O5/c22-18-6-5-16(29-18)20(26)23-12-19(25)24-13-21(7-1-2-8-21)14-3-4-15-17(11-14)28-10-9-27-15/h3-6,11H,1-2,7-10,12-13H2,(H,23,26)(H,24,25). The lowest BCUT2D eigenvalue weighted by Crippen LogP contribution is -2.43. The second-order valence-electron chi connectivity index (χ2n) is 7.41. The molecule has 1 aliphatic heterocycles. The van der Waals surface area contributed by atoms with E-state index < -0.39 is 5.91 Å². The van der Waals surface area contributed by atoms with Crippen molar-refractivity contribution >= 4 is 27.7 Å². The molecule has 1 aromatic carbocycles. The summed E-state index contributed by atoms with van der Waals surface area (Å²) in [5.74, 6) is 1.04. The largest absolute Gasteiger partial charge is 0.486 e. The van der Waals surface area contributed by atoms with Crippen LogP contribution < -0.4 is 20.1 Å². The summed E-state index contributed by atoms with van der Waals surface area (Å²) in [4.78, 5) is 24.3. The van der Waals surface area contributed by atoms with Crippen LogP contribution in [0.2, 0.25) is 0 Å². The van der Waals surface area contributed by atoms with E-state index in [1.807, 2.05) is 12.1 Å². The second-order valence-corrected chi connectivity index (χ2v) is 8.19. The van der Waals surface area contributed by atoms with Gasteiger partial charge in [0.05, 0.1) is 6.54 Å². The number of halogens is 1. The van der Waals surface area contributed by atoms with Crippen LogP contribution >= 0.6 is 15.9 Å². The third kappa shape index (κ3) is 4.42. The molecular weight excluding hydrogens is 440 g/mol. The molecule has 1 saturated carbocycles. The number of rotatable bonds is 6. The molecule has 1 aliphatic carbocycles. The van der Waals surface area contributed by atoms with Gasteiger partial charge in [-0.2, -0.15) is 0 Å². The molecule has 0 unspecified atom stereocenters. The Morgan fingerprint density at radius 2 is 1.76 bits per heavy atom. The highest BCUT2D eigenvalue weighted by Gasteiger charge is 2.36. The van der Waals surface area contributed by atoms with Crippen LogP contribution in [0.3, 0.4) is 0 Å². The lowest BCUT2D eigenvalue weighted by Gasteiger charge is -2.31. The molecular formula is C21H23BrN2O5. The third-order valence-electron chi connectivity index (χ3n) is 5.55. The molecule has 4 rings (SSSR count). The van der Waals surface area contributed by atoms with Crippen LogP contribution in [0.4, 0.5) is 0 Å². The van der Waals surface area contributed by atoms with E-state index in [4.69, 9.17) is 13.9 Å². The van der Waals surface area contributed by atoms with Gasteiger partial charge < -0.3 is 24.5 Å². The Morgan fingerprint density at radius 3 is 2.48 bits per heavy atom. The molecule has 2 amide bonds. The predicted octanol–water partition coefficient (Wildman–Crippen LogP) is 3.17. The number of hydrogen-bond acceptors (Lipinski definition) is 5. The number of nitrogens with one attached hydrogen (secondary N) is 2. The molecule has 2 heterocycles. The van der Waals surface area contributed by atoms with Crippen molar-refractivity contribution in [2.45, 2.75) is 31.1 Å². The van der Waals surface area contributed by atoms with Gasteiger partial charge >= 0.3 is 0 Å². The van der Waals surface area contributed by atoms with Gasteiger partial charge in [0.25, 0.3) is 5.91 Å². The van der Waals surface area contributed by atoms with E-state index in [0.29, 0.717) is 24.4 Å². The molecule has 0 spiro atoms. The zero-order chi connectivity index (χ0) is 20.3. The van der Waals surface area contributed by atoms with E-state index in [-0.39, 0.29) is 23.6 Å². The topological polar surface area (TPSA) is 89.8 Å². The average molecular weight is 463 g/mol. The van der Waals surface area contributed by atoms with Crippen molar-refractivity contribution in [3.63, 3.8) is 0 Å². The zero-order valence-corrected chi connectivity index (χ0v) is 17.5. The first-order valence-corrected chi connectivity index (χ1v) is 10.6. The maximum absolute atomic E-state index is 12.3. The summed E-state index contributed by atoms with van der Waals surface area (Å²) >= 11 is 3.15. The van der Waals surface area contributed by atoms with Gasteiger partial charge in [-0.25, -0.2) is 0 Å². The number of amides is 2. The van der Waals surface area contributed by atoms with Crippen molar-refractivity contribution in [3.05, 3.63) is 46.3 Å². The number of benzene rings is 1. The molecule has 7 nitrogen and oxygen atoms in total. The molecule has 0 atom stereocenters. The smallest absolute Gasteiger partial charge is 0.287 e. The lowest BCUT2D eigenvalue weighted by molar-refractivity contribution is -0.120. The van der Waals surface area contributed by atoms with Crippen molar-refractivity contribution in [1.82, 2.24) is 10.6 Å². The first kappa shape index (κ1) is 19.8. The molecule has 29 heavy (non-hydrogen) atoms. The average Bonchev–Trinajstić information content (AvgIpc) is 3.40. The van der Waals surface area contributed by atoms with E-state index in [2.05, 4.69) is 32.6 Å². The summed E-state index contributed by atoms with van der Waals surface area (Å²) in [6, 6.07) is 9.25. The normalized spacial score (nSPS) is 17.0.